The fourth-order valence-corrected chi connectivity index (χ4v) is 3.68. The normalized spacial score (nSPS) is 11.7. The van der Waals surface area contributed by atoms with E-state index in [1.54, 1.807) is 32.4 Å². The number of rotatable bonds is 6. The number of amides is 1. The van der Waals surface area contributed by atoms with Gasteiger partial charge in [-0.2, -0.15) is 4.99 Å². The topological polar surface area (TPSA) is 62.1 Å². The van der Waals surface area contributed by atoms with Crippen LogP contribution in [0.3, 0.4) is 0 Å². The van der Waals surface area contributed by atoms with E-state index in [9.17, 15) is 4.79 Å². The number of benzene rings is 2. The number of hydrogen-bond donors (Lipinski definition) is 0. The summed E-state index contributed by atoms with van der Waals surface area (Å²) in [4.78, 5) is 17.8. The van der Waals surface area contributed by atoms with Gasteiger partial charge in [-0.05, 0) is 24.3 Å². The van der Waals surface area contributed by atoms with Gasteiger partial charge in [0.2, 0.25) is 0 Å². The van der Waals surface area contributed by atoms with Gasteiger partial charge in [-0.15, -0.1) is 0 Å². The Morgan fingerprint density at radius 3 is 2.65 bits per heavy atom. The first kappa shape index (κ1) is 18.2. The monoisotopic (exact) mass is 372 g/mol. The number of methoxy groups -OCH3 is 3. The van der Waals surface area contributed by atoms with Crippen molar-refractivity contribution in [3.8, 4) is 11.5 Å². The molecule has 136 valence electrons. The summed E-state index contributed by atoms with van der Waals surface area (Å²) in [6, 6.07) is 13.0. The first-order valence-electron chi connectivity index (χ1n) is 8.06. The summed E-state index contributed by atoms with van der Waals surface area (Å²) in [5.41, 5.74) is 1.42. The number of aromatic nitrogens is 1. The maximum atomic E-state index is 12.8. The predicted octanol–water partition coefficient (Wildman–Crippen LogP) is 3.11. The molecule has 0 aliphatic carbocycles. The molecule has 26 heavy (non-hydrogen) atoms. The van der Waals surface area contributed by atoms with Crippen LogP contribution in [0, 0.1) is 0 Å². The van der Waals surface area contributed by atoms with Crippen LogP contribution in [0.1, 0.15) is 10.4 Å². The summed E-state index contributed by atoms with van der Waals surface area (Å²) in [5, 5.41) is 0. The molecule has 0 atom stereocenters. The molecule has 1 amide bonds. The highest BCUT2D eigenvalue weighted by molar-refractivity contribution is 7.16. The van der Waals surface area contributed by atoms with E-state index in [1.165, 1.54) is 18.4 Å². The van der Waals surface area contributed by atoms with Crippen molar-refractivity contribution in [2.24, 2.45) is 4.99 Å². The molecule has 0 fully saturated rings. The van der Waals surface area contributed by atoms with Crippen LogP contribution in [-0.4, -0.2) is 38.4 Å². The Bertz CT molecular complexity index is 991. The quantitative estimate of drug-likeness (QED) is 0.667. The number of nitrogens with zero attached hydrogens (tertiary/aromatic N) is 2. The van der Waals surface area contributed by atoms with E-state index in [-0.39, 0.29) is 5.91 Å². The smallest absolute Gasteiger partial charge is 0.283 e. The zero-order valence-electron chi connectivity index (χ0n) is 14.9. The predicted molar refractivity (Wildman–Crippen MR) is 101 cm³/mol. The second-order valence-corrected chi connectivity index (χ2v) is 6.49. The molecule has 0 unspecified atom stereocenters. The molecule has 0 bridgehead atoms. The van der Waals surface area contributed by atoms with Crippen molar-refractivity contribution in [2.45, 2.75) is 6.54 Å². The van der Waals surface area contributed by atoms with E-state index < -0.39 is 0 Å². The highest BCUT2D eigenvalue weighted by Gasteiger charge is 2.14. The van der Waals surface area contributed by atoms with Crippen molar-refractivity contribution in [3.05, 3.63) is 52.8 Å². The van der Waals surface area contributed by atoms with Gasteiger partial charge in [0, 0.05) is 19.7 Å². The van der Waals surface area contributed by atoms with Crippen molar-refractivity contribution in [1.82, 2.24) is 4.57 Å². The molecule has 6 nitrogen and oxygen atoms in total. The van der Waals surface area contributed by atoms with Crippen LogP contribution in [-0.2, 0) is 11.3 Å². The van der Waals surface area contributed by atoms with Gasteiger partial charge in [-0.1, -0.05) is 23.5 Å². The number of hydrogen-bond acceptors (Lipinski definition) is 5. The van der Waals surface area contributed by atoms with Gasteiger partial charge in [0.15, 0.2) is 4.80 Å². The van der Waals surface area contributed by atoms with Crippen LogP contribution in [0.25, 0.3) is 10.2 Å². The van der Waals surface area contributed by atoms with Crippen LogP contribution < -0.4 is 14.3 Å². The third-order valence-electron chi connectivity index (χ3n) is 3.94. The molecule has 7 heteroatoms. The fourth-order valence-electron chi connectivity index (χ4n) is 2.63. The Labute approximate surface area is 155 Å². The summed E-state index contributed by atoms with van der Waals surface area (Å²) in [5.74, 6) is 0.695. The first-order valence-corrected chi connectivity index (χ1v) is 8.88. The zero-order valence-corrected chi connectivity index (χ0v) is 15.7. The summed E-state index contributed by atoms with van der Waals surface area (Å²) in [6.45, 7) is 1.15. The van der Waals surface area contributed by atoms with E-state index in [4.69, 9.17) is 14.2 Å². The molecular formula is C19H20N2O4S. The van der Waals surface area contributed by atoms with Gasteiger partial charge in [0.1, 0.15) is 11.5 Å². The molecular weight excluding hydrogens is 352 g/mol. The minimum absolute atomic E-state index is 0.359. The zero-order chi connectivity index (χ0) is 18.5. The Kier molecular flexibility index (Phi) is 5.70. The number of thiazole rings is 1. The molecule has 0 spiro atoms. The van der Waals surface area contributed by atoms with E-state index in [0.29, 0.717) is 35.0 Å². The largest absolute Gasteiger partial charge is 0.497 e. The standard InChI is InChI=1S/C19H20N2O4S/c1-23-11-10-21-15-6-4-5-7-17(15)26-19(21)20-18(22)14-9-8-13(24-2)12-16(14)25-3/h4-9,12H,10-11H2,1-3H3. The molecule has 0 radical (unpaired) electrons. The van der Waals surface area contributed by atoms with Crippen LogP contribution in [0.4, 0.5) is 0 Å². The molecule has 0 aliphatic rings. The molecule has 0 saturated carbocycles. The Balaban J connectivity index is 2.08. The van der Waals surface area contributed by atoms with Gasteiger partial charge >= 0.3 is 0 Å². The van der Waals surface area contributed by atoms with Crippen molar-refractivity contribution in [3.63, 3.8) is 0 Å². The van der Waals surface area contributed by atoms with Crippen LogP contribution >= 0.6 is 11.3 Å². The Hall–Kier alpha value is -2.64. The average molecular weight is 372 g/mol. The summed E-state index contributed by atoms with van der Waals surface area (Å²) < 4.78 is 18.7. The second kappa shape index (κ2) is 8.16. The minimum Gasteiger partial charge on any atom is -0.497 e. The molecule has 2 aromatic carbocycles. The third-order valence-corrected chi connectivity index (χ3v) is 5.00. The van der Waals surface area contributed by atoms with E-state index >= 15 is 0 Å². The van der Waals surface area contributed by atoms with Crippen molar-refractivity contribution in [1.29, 1.82) is 0 Å². The second-order valence-electron chi connectivity index (χ2n) is 5.48. The molecule has 0 saturated heterocycles. The number of carbonyl (C=O) groups excluding carboxylic acids is 1. The lowest BCUT2D eigenvalue weighted by Gasteiger charge is -2.07. The Morgan fingerprint density at radius 2 is 1.92 bits per heavy atom. The molecule has 1 heterocycles. The molecule has 3 aromatic rings. The number of para-hydroxylation sites is 1. The fraction of sp³-hybridized carbons (Fsp3) is 0.263. The van der Waals surface area contributed by atoms with E-state index in [2.05, 4.69) is 4.99 Å². The lowest BCUT2D eigenvalue weighted by Crippen LogP contribution is -2.19. The minimum atomic E-state index is -0.359. The van der Waals surface area contributed by atoms with Gasteiger partial charge in [0.25, 0.3) is 5.91 Å². The summed E-state index contributed by atoms with van der Waals surface area (Å²) >= 11 is 1.47. The molecule has 3 rings (SSSR count). The highest BCUT2D eigenvalue weighted by Crippen LogP contribution is 2.25. The van der Waals surface area contributed by atoms with E-state index in [1.807, 2.05) is 28.8 Å². The van der Waals surface area contributed by atoms with Crippen LogP contribution in [0.2, 0.25) is 0 Å². The van der Waals surface area contributed by atoms with Crippen molar-refractivity contribution in [2.75, 3.05) is 27.9 Å². The summed E-state index contributed by atoms with van der Waals surface area (Å²) in [7, 11) is 4.74. The van der Waals surface area contributed by atoms with Crippen LogP contribution in [0.5, 0.6) is 11.5 Å². The van der Waals surface area contributed by atoms with Crippen LogP contribution in [0.15, 0.2) is 47.5 Å². The first-order chi connectivity index (χ1) is 12.7. The highest BCUT2D eigenvalue weighted by atomic mass is 32.1. The van der Waals surface area contributed by atoms with Crippen molar-refractivity contribution < 1.29 is 19.0 Å². The average Bonchev–Trinajstić information content (AvgIpc) is 3.02. The van der Waals surface area contributed by atoms with Gasteiger partial charge in [0.05, 0.1) is 36.6 Å². The maximum absolute atomic E-state index is 12.8. The lowest BCUT2D eigenvalue weighted by molar-refractivity contribution is 0.0994. The number of carbonyl (C=O) groups is 1. The number of ether oxygens (including phenoxy) is 3. The van der Waals surface area contributed by atoms with Gasteiger partial charge in [-0.3, -0.25) is 4.79 Å². The third kappa shape index (κ3) is 3.63. The Morgan fingerprint density at radius 1 is 1.12 bits per heavy atom. The van der Waals surface area contributed by atoms with Gasteiger partial charge in [-0.25, -0.2) is 0 Å². The van der Waals surface area contributed by atoms with Gasteiger partial charge < -0.3 is 18.8 Å². The maximum Gasteiger partial charge on any atom is 0.283 e. The molecule has 0 aliphatic heterocycles. The van der Waals surface area contributed by atoms with Crippen molar-refractivity contribution >= 4 is 27.5 Å². The molecule has 1 aromatic heterocycles. The molecule has 0 N–H and O–H groups in total. The summed E-state index contributed by atoms with van der Waals surface area (Å²) in [6.07, 6.45) is 0. The number of fused-ring (bicyclic) bond motifs is 1. The lowest BCUT2D eigenvalue weighted by atomic mass is 10.2. The van der Waals surface area contributed by atoms with E-state index in [0.717, 1.165) is 10.2 Å². The SMILES string of the molecule is COCCn1c(=NC(=O)c2ccc(OC)cc2OC)sc2ccccc21.